The number of H-pyrrole nitrogens is 1. The maximum atomic E-state index is 12.0. The van der Waals surface area contributed by atoms with Crippen LogP contribution in [0.15, 0.2) is 25.0 Å². The Morgan fingerprint density at radius 3 is 2.79 bits per heavy atom. The van der Waals surface area contributed by atoms with Crippen molar-refractivity contribution in [3.05, 3.63) is 36.2 Å². The molecule has 2 N–H and O–H groups in total. The highest BCUT2D eigenvalue weighted by Gasteiger charge is 2.22. The Hall–Kier alpha value is -2.04. The van der Waals surface area contributed by atoms with Gasteiger partial charge in [0, 0.05) is 12.4 Å². The Balaban J connectivity index is 2.71. The van der Waals surface area contributed by atoms with Crippen LogP contribution >= 0.6 is 0 Å². The van der Waals surface area contributed by atoms with E-state index in [1.165, 1.54) is 0 Å². The van der Waals surface area contributed by atoms with Gasteiger partial charge in [-0.1, -0.05) is 6.08 Å². The van der Waals surface area contributed by atoms with E-state index in [0.717, 1.165) is 5.56 Å². The van der Waals surface area contributed by atoms with Crippen molar-refractivity contribution in [2.75, 3.05) is 6.61 Å². The van der Waals surface area contributed by atoms with Gasteiger partial charge < -0.3 is 15.0 Å². The van der Waals surface area contributed by atoms with E-state index in [1.54, 1.807) is 25.4 Å². The van der Waals surface area contributed by atoms with Crippen molar-refractivity contribution in [1.82, 2.24) is 10.3 Å². The summed E-state index contributed by atoms with van der Waals surface area (Å²) in [5.41, 5.74) is 1.37. The quantitative estimate of drug-likeness (QED) is 0.584. The lowest BCUT2D eigenvalue weighted by molar-refractivity contribution is -0.145. The molecule has 1 heterocycles. The topological polar surface area (TPSA) is 71.2 Å². The first-order valence-corrected chi connectivity index (χ1v) is 6.31. The first-order valence-electron chi connectivity index (χ1n) is 6.31. The van der Waals surface area contributed by atoms with Gasteiger partial charge in [0.1, 0.15) is 6.04 Å². The van der Waals surface area contributed by atoms with Crippen LogP contribution in [0.1, 0.15) is 35.7 Å². The molecule has 0 saturated carbocycles. The van der Waals surface area contributed by atoms with E-state index in [2.05, 4.69) is 16.9 Å². The first kappa shape index (κ1) is 15.0. The molecule has 1 amide bonds. The molecule has 5 heteroatoms. The van der Waals surface area contributed by atoms with Crippen molar-refractivity contribution < 1.29 is 14.3 Å². The minimum atomic E-state index is -0.639. The van der Waals surface area contributed by atoms with Crippen LogP contribution in [-0.2, 0) is 9.53 Å². The van der Waals surface area contributed by atoms with Crippen molar-refractivity contribution in [2.24, 2.45) is 0 Å². The average Bonchev–Trinajstić information content (AvgIpc) is 2.80. The number of amides is 1. The molecule has 0 spiro atoms. The van der Waals surface area contributed by atoms with Gasteiger partial charge in [-0.2, -0.15) is 0 Å². The monoisotopic (exact) mass is 264 g/mol. The third kappa shape index (κ3) is 4.28. The third-order valence-electron chi connectivity index (χ3n) is 2.73. The lowest BCUT2D eigenvalue weighted by atomic mass is 10.1. The maximum absolute atomic E-state index is 12.0. The molecular formula is C14H20N2O3. The Kier molecular flexibility index (Phi) is 5.85. The molecule has 0 radical (unpaired) electrons. The van der Waals surface area contributed by atoms with E-state index >= 15 is 0 Å². The Morgan fingerprint density at radius 2 is 2.26 bits per heavy atom. The van der Waals surface area contributed by atoms with Crippen LogP contribution in [0.25, 0.3) is 0 Å². The number of esters is 1. The third-order valence-corrected chi connectivity index (χ3v) is 2.73. The molecule has 0 aliphatic carbocycles. The predicted molar refractivity (Wildman–Crippen MR) is 72.8 cm³/mol. The number of allylic oxidation sites excluding steroid dienone is 1. The van der Waals surface area contributed by atoms with Gasteiger partial charge in [0.25, 0.3) is 5.91 Å². The van der Waals surface area contributed by atoms with E-state index in [1.807, 2.05) is 6.92 Å². The van der Waals surface area contributed by atoms with Gasteiger partial charge in [0.2, 0.25) is 0 Å². The molecule has 0 bridgehead atoms. The van der Waals surface area contributed by atoms with Crippen LogP contribution in [0.4, 0.5) is 0 Å². The summed E-state index contributed by atoms with van der Waals surface area (Å²) >= 11 is 0. The standard InChI is InChI=1S/C14H20N2O3/c1-4-6-7-12(14(18)19-5-2)16-13(17)11-9-15-8-10(11)3/h4,8-9,12,15H,1,5-7H2,2-3H3,(H,16,17)/t12-/m1/s1. The minimum Gasteiger partial charge on any atom is -0.464 e. The Morgan fingerprint density at radius 1 is 1.53 bits per heavy atom. The summed E-state index contributed by atoms with van der Waals surface area (Å²) in [6, 6.07) is -0.639. The highest BCUT2D eigenvalue weighted by molar-refractivity contribution is 5.97. The molecule has 0 saturated heterocycles. The molecule has 0 aliphatic heterocycles. The average molecular weight is 264 g/mol. The lowest BCUT2D eigenvalue weighted by Crippen LogP contribution is -2.41. The smallest absolute Gasteiger partial charge is 0.328 e. The van der Waals surface area contributed by atoms with Gasteiger partial charge in [-0.05, 0) is 32.3 Å². The lowest BCUT2D eigenvalue weighted by Gasteiger charge is -2.16. The second-order valence-corrected chi connectivity index (χ2v) is 4.20. The summed E-state index contributed by atoms with van der Waals surface area (Å²) in [7, 11) is 0. The van der Waals surface area contributed by atoms with Crippen molar-refractivity contribution >= 4 is 11.9 Å². The zero-order valence-electron chi connectivity index (χ0n) is 11.4. The summed E-state index contributed by atoms with van der Waals surface area (Å²) in [4.78, 5) is 26.7. The number of nitrogens with one attached hydrogen (secondary N) is 2. The number of carbonyl (C=O) groups is 2. The van der Waals surface area contributed by atoms with E-state index in [0.29, 0.717) is 25.0 Å². The molecule has 0 aliphatic rings. The SMILES string of the molecule is C=CCC[C@@H](NC(=O)c1c[nH]cc1C)C(=O)OCC. The van der Waals surface area contributed by atoms with Crippen LogP contribution in [0, 0.1) is 6.92 Å². The summed E-state index contributed by atoms with van der Waals surface area (Å²) in [6.45, 7) is 7.47. The zero-order valence-corrected chi connectivity index (χ0v) is 11.4. The molecule has 1 aromatic heterocycles. The number of aryl methyl sites for hydroxylation is 1. The summed E-state index contributed by atoms with van der Waals surface area (Å²) in [6.07, 6.45) is 6.17. The highest BCUT2D eigenvalue weighted by Crippen LogP contribution is 2.08. The maximum Gasteiger partial charge on any atom is 0.328 e. The normalized spacial score (nSPS) is 11.7. The number of aromatic nitrogens is 1. The molecule has 0 aromatic carbocycles. The van der Waals surface area contributed by atoms with Gasteiger partial charge in [-0.15, -0.1) is 6.58 Å². The second kappa shape index (κ2) is 7.41. The fraction of sp³-hybridized carbons (Fsp3) is 0.429. The highest BCUT2D eigenvalue weighted by atomic mass is 16.5. The number of rotatable bonds is 7. The molecule has 1 rings (SSSR count). The largest absolute Gasteiger partial charge is 0.464 e. The van der Waals surface area contributed by atoms with Gasteiger partial charge in [-0.25, -0.2) is 4.79 Å². The van der Waals surface area contributed by atoms with E-state index in [9.17, 15) is 9.59 Å². The van der Waals surface area contributed by atoms with Gasteiger partial charge in [-0.3, -0.25) is 4.79 Å². The number of carbonyl (C=O) groups excluding carboxylic acids is 2. The first-order chi connectivity index (χ1) is 9.10. The molecule has 1 atom stereocenters. The van der Waals surface area contributed by atoms with E-state index in [4.69, 9.17) is 4.74 Å². The zero-order chi connectivity index (χ0) is 14.3. The molecule has 1 aromatic rings. The molecule has 0 unspecified atom stereocenters. The fourth-order valence-corrected chi connectivity index (χ4v) is 1.70. The summed E-state index contributed by atoms with van der Waals surface area (Å²) < 4.78 is 4.95. The van der Waals surface area contributed by atoms with E-state index in [-0.39, 0.29) is 5.91 Å². The molecule has 5 nitrogen and oxygen atoms in total. The summed E-state index contributed by atoms with van der Waals surface area (Å²) in [5, 5.41) is 2.70. The van der Waals surface area contributed by atoms with Crippen molar-refractivity contribution in [3.63, 3.8) is 0 Å². The van der Waals surface area contributed by atoms with Crippen molar-refractivity contribution in [3.8, 4) is 0 Å². The Bertz CT molecular complexity index is 451. The number of hydrogen-bond donors (Lipinski definition) is 2. The predicted octanol–water partition coefficient (Wildman–Crippen LogP) is 1.95. The van der Waals surface area contributed by atoms with Crippen LogP contribution in [-0.4, -0.2) is 29.5 Å². The van der Waals surface area contributed by atoms with Crippen LogP contribution in [0.5, 0.6) is 0 Å². The molecule has 104 valence electrons. The van der Waals surface area contributed by atoms with Crippen LogP contribution in [0.2, 0.25) is 0 Å². The number of hydrogen-bond acceptors (Lipinski definition) is 3. The number of ether oxygens (including phenoxy) is 1. The van der Waals surface area contributed by atoms with Crippen molar-refractivity contribution in [2.45, 2.75) is 32.7 Å². The van der Waals surface area contributed by atoms with E-state index < -0.39 is 12.0 Å². The Labute approximate surface area is 113 Å². The minimum absolute atomic E-state index is 0.277. The fourth-order valence-electron chi connectivity index (χ4n) is 1.70. The van der Waals surface area contributed by atoms with Crippen LogP contribution < -0.4 is 5.32 Å². The summed E-state index contributed by atoms with van der Waals surface area (Å²) in [5.74, 6) is -0.688. The van der Waals surface area contributed by atoms with Crippen molar-refractivity contribution in [1.29, 1.82) is 0 Å². The molecular weight excluding hydrogens is 244 g/mol. The van der Waals surface area contributed by atoms with Gasteiger partial charge in [0.15, 0.2) is 0 Å². The molecule has 0 fully saturated rings. The van der Waals surface area contributed by atoms with Gasteiger partial charge >= 0.3 is 5.97 Å². The number of aromatic amines is 1. The second-order valence-electron chi connectivity index (χ2n) is 4.20. The van der Waals surface area contributed by atoms with Crippen LogP contribution in [0.3, 0.4) is 0 Å². The van der Waals surface area contributed by atoms with Gasteiger partial charge in [0.05, 0.1) is 12.2 Å². The molecule has 19 heavy (non-hydrogen) atoms.